The molecule has 0 amide bonds. The minimum absolute atomic E-state index is 0.389. The molecule has 0 bridgehead atoms. The van der Waals surface area contributed by atoms with Crippen LogP contribution in [-0.4, -0.2) is 14.8 Å². The Morgan fingerprint density at radius 1 is 1.47 bits per heavy atom. The highest BCUT2D eigenvalue weighted by atomic mass is 16.5. The third-order valence-corrected chi connectivity index (χ3v) is 2.03. The molecule has 0 aliphatic heterocycles. The van der Waals surface area contributed by atoms with Crippen LogP contribution in [0.15, 0.2) is 30.6 Å². The monoisotopic (exact) mass is 204 g/mol. The van der Waals surface area contributed by atoms with Gasteiger partial charge in [0.1, 0.15) is 18.7 Å². The SMILES string of the molecule is Cn1cnnc1COc1cccc(N)c1. The van der Waals surface area contributed by atoms with Crippen molar-refractivity contribution in [2.24, 2.45) is 7.05 Å². The van der Waals surface area contributed by atoms with E-state index in [4.69, 9.17) is 10.5 Å². The van der Waals surface area contributed by atoms with E-state index < -0.39 is 0 Å². The molecule has 0 unspecified atom stereocenters. The molecule has 0 fully saturated rings. The van der Waals surface area contributed by atoms with E-state index in [1.165, 1.54) is 0 Å². The Kier molecular flexibility index (Phi) is 2.53. The van der Waals surface area contributed by atoms with Crippen LogP contribution in [0.3, 0.4) is 0 Å². The number of benzene rings is 1. The van der Waals surface area contributed by atoms with Gasteiger partial charge in [0, 0.05) is 18.8 Å². The molecule has 0 atom stereocenters. The predicted molar refractivity (Wildman–Crippen MR) is 56.2 cm³/mol. The molecule has 0 aliphatic carbocycles. The number of nitrogens with zero attached hydrogens (tertiary/aromatic N) is 3. The lowest BCUT2D eigenvalue weighted by molar-refractivity contribution is 0.291. The molecule has 0 saturated heterocycles. The number of hydrogen-bond donors (Lipinski definition) is 1. The minimum atomic E-state index is 0.389. The van der Waals surface area contributed by atoms with Crippen molar-refractivity contribution >= 4 is 5.69 Å². The third kappa shape index (κ3) is 2.25. The van der Waals surface area contributed by atoms with Crippen molar-refractivity contribution in [3.8, 4) is 5.75 Å². The lowest BCUT2D eigenvalue weighted by atomic mass is 10.3. The van der Waals surface area contributed by atoms with Gasteiger partial charge < -0.3 is 15.0 Å². The first-order chi connectivity index (χ1) is 7.25. The van der Waals surface area contributed by atoms with Crippen molar-refractivity contribution in [1.29, 1.82) is 0 Å². The quantitative estimate of drug-likeness (QED) is 0.757. The normalized spacial score (nSPS) is 10.2. The van der Waals surface area contributed by atoms with E-state index >= 15 is 0 Å². The van der Waals surface area contributed by atoms with Gasteiger partial charge in [-0.2, -0.15) is 0 Å². The van der Waals surface area contributed by atoms with Crippen molar-refractivity contribution in [1.82, 2.24) is 14.8 Å². The van der Waals surface area contributed by atoms with Gasteiger partial charge in [-0.15, -0.1) is 10.2 Å². The summed E-state index contributed by atoms with van der Waals surface area (Å²) in [4.78, 5) is 0. The van der Waals surface area contributed by atoms with Crippen LogP contribution < -0.4 is 10.5 Å². The Bertz CT molecular complexity index is 452. The zero-order valence-corrected chi connectivity index (χ0v) is 8.42. The van der Waals surface area contributed by atoms with Crippen molar-refractivity contribution in [2.75, 3.05) is 5.73 Å². The van der Waals surface area contributed by atoms with E-state index in [0.717, 1.165) is 11.6 Å². The number of rotatable bonds is 3. The second-order valence-electron chi connectivity index (χ2n) is 3.22. The van der Waals surface area contributed by atoms with Crippen molar-refractivity contribution < 1.29 is 4.74 Å². The minimum Gasteiger partial charge on any atom is -0.486 e. The number of anilines is 1. The standard InChI is InChI=1S/C10H12N4O/c1-14-7-12-13-10(14)6-15-9-4-2-3-8(11)5-9/h2-5,7H,6,11H2,1H3. The van der Waals surface area contributed by atoms with Gasteiger partial charge in [0.25, 0.3) is 0 Å². The van der Waals surface area contributed by atoms with Gasteiger partial charge in [-0.3, -0.25) is 0 Å². The summed E-state index contributed by atoms with van der Waals surface area (Å²) in [6.07, 6.45) is 1.64. The molecule has 0 aliphatic rings. The molecule has 5 heteroatoms. The summed E-state index contributed by atoms with van der Waals surface area (Å²) < 4.78 is 7.32. The third-order valence-electron chi connectivity index (χ3n) is 2.03. The van der Waals surface area contributed by atoms with Crippen LogP contribution in [0.4, 0.5) is 5.69 Å². The average Bonchev–Trinajstić information content (AvgIpc) is 2.61. The summed E-state index contributed by atoms with van der Waals surface area (Å²) in [7, 11) is 1.87. The fourth-order valence-electron chi connectivity index (χ4n) is 1.19. The maximum Gasteiger partial charge on any atom is 0.170 e. The molecule has 0 saturated carbocycles. The number of hydrogen-bond acceptors (Lipinski definition) is 4. The fourth-order valence-corrected chi connectivity index (χ4v) is 1.19. The second kappa shape index (κ2) is 4.00. The van der Waals surface area contributed by atoms with Crippen LogP contribution in [-0.2, 0) is 13.7 Å². The molecular weight excluding hydrogens is 192 g/mol. The van der Waals surface area contributed by atoms with E-state index in [2.05, 4.69) is 10.2 Å². The molecule has 15 heavy (non-hydrogen) atoms. The van der Waals surface area contributed by atoms with Gasteiger partial charge >= 0.3 is 0 Å². The molecule has 0 spiro atoms. The van der Waals surface area contributed by atoms with Crippen LogP contribution >= 0.6 is 0 Å². The average molecular weight is 204 g/mol. The van der Waals surface area contributed by atoms with Gasteiger partial charge in [0.05, 0.1) is 0 Å². The van der Waals surface area contributed by atoms with Crippen LogP contribution in [0.2, 0.25) is 0 Å². The molecule has 0 radical (unpaired) electrons. The van der Waals surface area contributed by atoms with Crippen molar-refractivity contribution in [3.63, 3.8) is 0 Å². The number of nitrogens with two attached hydrogens (primary N) is 1. The summed E-state index contributed by atoms with van der Waals surface area (Å²) in [5.74, 6) is 1.51. The predicted octanol–water partition coefficient (Wildman–Crippen LogP) is 0.976. The van der Waals surface area contributed by atoms with E-state index in [0.29, 0.717) is 12.3 Å². The van der Waals surface area contributed by atoms with Gasteiger partial charge in [0.2, 0.25) is 0 Å². The van der Waals surface area contributed by atoms with Crippen LogP contribution in [0.1, 0.15) is 5.82 Å². The van der Waals surface area contributed by atoms with Crippen molar-refractivity contribution in [3.05, 3.63) is 36.4 Å². The van der Waals surface area contributed by atoms with Crippen LogP contribution in [0, 0.1) is 0 Å². The molecule has 1 heterocycles. The highest BCUT2D eigenvalue weighted by Gasteiger charge is 2.01. The first-order valence-corrected chi connectivity index (χ1v) is 4.57. The molecule has 1 aromatic carbocycles. The van der Waals surface area contributed by atoms with Gasteiger partial charge in [-0.25, -0.2) is 0 Å². The lowest BCUT2D eigenvalue weighted by Crippen LogP contribution is -2.03. The fraction of sp³-hybridized carbons (Fsp3) is 0.200. The molecule has 1 aromatic heterocycles. The largest absolute Gasteiger partial charge is 0.486 e. The van der Waals surface area contributed by atoms with Gasteiger partial charge in [-0.1, -0.05) is 6.07 Å². The zero-order chi connectivity index (χ0) is 10.7. The van der Waals surface area contributed by atoms with E-state index in [1.807, 2.05) is 29.8 Å². The second-order valence-corrected chi connectivity index (χ2v) is 3.22. The summed E-state index contributed by atoms with van der Waals surface area (Å²) >= 11 is 0. The number of aromatic nitrogens is 3. The Hall–Kier alpha value is -2.04. The van der Waals surface area contributed by atoms with E-state index in [-0.39, 0.29) is 0 Å². The van der Waals surface area contributed by atoms with E-state index in [1.54, 1.807) is 12.4 Å². The van der Waals surface area contributed by atoms with Gasteiger partial charge in [0.15, 0.2) is 5.82 Å². The summed E-state index contributed by atoms with van der Waals surface area (Å²) in [5.41, 5.74) is 6.31. The molecule has 78 valence electrons. The summed E-state index contributed by atoms with van der Waals surface area (Å²) in [5, 5.41) is 7.67. The highest BCUT2D eigenvalue weighted by Crippen LogP contribution is 2.15. The smallest absolute Gasteiger partial charge is 0.170 e. The first-order valence-electron chi connectivity index (χ1n) is 4.57. The Morgan fingerprint density at radius 2 is 2.33 bits per heavy atom. The number of ether oxygens (including phenoxy) is 1. The Morgan fingerprint density at radius 3 is 3.00 bits per heavy atom. The Balaban J connectivity index is 2.02. The van der Waals surface area contributed by atoms with Crippen molar-refractivity contribution in [2.45, 2.75) is 6.61 Å². The Labute approximate surface area is 87.5 Å². The topological polar surface area (TPSA) is 66.0 Å². The molecule has 2 rings (SSSR count). The zero-order valence-electron chi connectivity index (χ0n) is 8.42. The van der Waals surface area contributed by atoms with Crippen LogP contribution in [0.5, 0.6) is 5.75 Å². The maximum atomic E-state index is 5.62. The number of aryl methyl sites for hydroxylation is 1. The highest BCUT2D eigenvalue weighted by molar-refractivity contribution is 5.43. The molecular formula is C10H12N4O. The summed E-state index contributed by atoms with van der Waals surface area (Å²) in [6, 6.07) is 7.29. The lowest BCUT2D eigenvalue weighted by Gasteiger charge is -2.05. The van der Waals surface area contributed by atoms with Gasteiger partial charge in [-0.05, 0) is 12.1 Å². The summed E-state index contributed by atoms with van der Waals surface area (Å²) in [6.45, 7) is 0.389. The number of nitrogen functional groups attached to an aromatic ring is 1. The maximum absolute atomic E-state index is 5.62. The molecule has 5 nitrogen and oxygen atoms in total. The van der Waals surface area contributed by atoms with Crippen LogP contribution in [0.25, 0.3) is 0 Å². The first kappa shape index (κ1) is 9.51. The van der Waals surface area contributed by atoms with E-state index in [9.17, 15) is 0 Å². The molecule has 2 aromatic rings. The molecule has 2 N–H and O–H groups in total.